The van der Waals surface area contributed by atoms with Crippen molar-refractivity contribution in [2.24, 2.45) is 0 Å². The molecule has 4 rings (SSSR count). The first kappa shape index (κ1) is 24.3. The van der Waals surface area contributed by atoms with Crippen molar-refractivity contribution in [1.29, 1.82) is 0 Å². The number of carbonyl (C=O) groups excluding carboxylic acids is 2. The number of nitrogens with zero attached hydrogens (tertiary/aromatic N) is 1. The van der Waals surface area contributed by atoms with Crippen LogP contribution < -0.4 is 5.32 Å². The van der Waals surface area contributed by atoms with Gasteiger partial charge in [-0.3, -0.25) is 9.59 Å². The SMILES string of the molecule is O=C(C[C@@H]1CC[C@@H]2[C@H](COC[C@H](O)CN2C(=O)c2ccccc2F)O1)NCc1ccc(F)cc1. The molecular formula is C25H28F2N2O5. The van der Waals surface area contributed by atoms with Crippen LogP contribution in [0.25, 0.3) is 0 Å². The minimum Gasteiger partial charge on any atom is -0.389 e. The highest BCUT2D eigenvalue weighted by molar-refractivity contribution is 5.94. The summed E-state index contributed by atoms with van der Waals surface area (Å²) in [6.07, 6.45) is -0.598. The van der Waals surface area contributed by atoms with Crippen LogP contribution in [0, 0.1) is 11.6 Å². The van der Waals surface area contributed by atoms with Crippen LogP contribution >= 0.6 is 0 Å². The predicted octanol–water partition coefficient (Wildman–Crippen LogP) is 2.42. The van der Waals surface area contributed by atoms with Gasteiger partial charge in [-0.25, -0.2) is 8.78 Å². The van der Waals surface area contributed by atoms with Gasteiger partial charge in [-0.05, 0) is 42.7 Å². The molecule has 0 spiro atoms. The van der Waals surface area contributed by atoms with E-state index in [1.165, 1.54) is 35.2 Å². The first-order valence-corrected chi connectivity index (χ1v) is 11.4. The van der Waals surface area contributed by atoms with Gasteiger partial charge in [0.15, 0.2) is 0 Å². The second kappa shape index (κ2) is 11.0. The Bertz CT molecular complexity index is 1000. The topological polar surface area (TPSA) is 88.1 Å². The molecule has 2 aliphatic heterocycles. The van der Waals surface area contributed by atoms with Crippen LogP contribution in [0.4, 0.5) is 8.78 Å². The summed E-state index contributed by atoms with van der Waals surface area (Å²) in [5, 5.41) is 13.1. The number of hydrogen-bond acceptors (Lipinski definition) is 5. The molecule has 2 aromatic carbocycles. The fourth-order valence-corrected chi connectivity index (χ4v) is 4.45. The molecule has 2 aliphatic rings. The molecule has 2 saturated heterocycles. The number of halogens is 2. The summed E-state index contributed by atoms with van der Waals surface area (Å²) in [6, 6.07) is 11.2. The smallest absolute Gasteiger partial charge is 0.257 e. The van der Waals surface area contributed by atoms with E-state index in [-0.39, 0.29) is 56.1 Å². The monoisotopic (exact) mass is 474 g/mol. The molecule has 9 heteroatoms. The molecule has 0 aromatic heterocycles. The molecule has 2 aromatic rings. The Morgan fingerprint density at radius 1 is 1.06 bits per heavy atom. The van der Waals surface area contributed by atoms with Crippen LogP contribution in [0.5, 0.6) is 0 Å². The van der Waals surface area contributed by atoms with Gasteiger partial charge >= 0.3 is 0 Å². The van der Waals surface area contributed by atoms with Crippen molar-refractivity contribution < 1.29 is 33.0 Å². The van der Waals surface area contributed by atoms with E-state index < -0.39 is 30.0 Å². The quantitative estimate of drug-likeness (QED) is 0.695. The molecule has 4 atom stereocenters. The van der Waals surface area contributed by atoms with Crippen LogP contribution in [0.2, 0.25) is 0 Å². The number of amides is 2. The average molecular weight is 475 g/mol. The Balaban J connectivity index is 1.39. The van der Waals surface area contributed by atoms with Crippen LogP contribution in [0.3, 0.4) is 0 Å². The largest absolute Gasteiger partial charge is 0.389 e. The van der Waals surface area contributed by atoms with E-state index >= 15 is 0 Å². The molecule has 2 N–H and O–H groups in total. The Morgan fingerprint density at radius 2 is 1.82 bits per heavy atom. The molecule has 34 heavy (non-hydrogen) atoms. The number of hydrogen-bond donors (Lipinski definition) is 2. The average Bonchev–Trinajstić information content (AvgIpc) is 2.81. The van der Waals surface area contributed by atoms with Gasteiger partial charge in [0.2, 0.25) is 5.91 Å². The minimum absolute atomic E-state index is 0.000513. The van der Waals surface area contributed by atoms with Crippen molar-refractivity contribution in [3.05, 3.63) is 71.3 Å². The standard InChI is InChI=1S/C25H28F2N2O5/c26-17-7-5-16(6-8-17)12-28-24(31)11-19-9-10-22-23(34-19)15-33-14-18(30)13-29(22)25(32)20-3-1-2-4-21(20)27/h1-8,18-19,22-23,30H,9-15H2,(H,28,31)/t18-,19+,22-,23+/m1/s1. The maximum Gasteiger partial charge on any atom is 0.257 e. The number of rotatable bonds is 5. The van der Waals surface area contributed by atoms with Crippen molar-refractivity contribution in [1.82, 2.24) is 10.2 Å². The highest BCUT2D eigenvalue weighted by Gasteiger charge is 2.40. The summed E-state index contributed by atoms with van der Waals surface area (Å²) in [7, 11) is 0. The van der Waals surface area contributed by atoms with Crippen molar-refractivity contribution in [3.63, 3.8) is 0 Å². The van der Waals surface area contributed by atoms with E-state index in [9.17, 15) is 23.5 Å². The molecule has 0 bridgehead atoms. The van der Waals surface area contributed by atoms with Crippen LogP contribution in [0.15, 0.2) is 48.5 Å². The van der Waals surface area contributed by atoms with Crippen LogP contribution in [0.1, 0.15) is 35.2 Å². The molecule has 2 heterocycles. The third kappa shape index (κ3) is 5.97. The predicted molar refractivity (Wildman–Crippen MR) is 119 cm³/mol. The molecular weight excluding hydrogens is 446 g/mol. The molecule has 0 saturated carbocycles. The summed E-state index contributed by atoms with van der Waals surface area (Å²) < 4.78 is 39.0. The fourth-order valence-electron chi connectivity index (χ4n) is 4.45. The first-order valence-electron chi connectivity index (χ1n) is 11.4. The molecule has 2 amide bonds. The Hall–Kier alpha value is -2.88. The second-order valence-corrected chi connectivity index (χ2v) is 8.68. The lowest BCUT2D eigenvalue weighted by molar-refractivity contribution is -0.151. The third-order valence-corrected chi connectivity index (χ3v) is 6.16. The number of aliphatic hydroxyl groups is 1. The van der Waals surface area contributed by atoms with Gasteiger partial charge in [0.25, 0.3) is 5.91 Å². The fraction of sp³-hybridized carbons (Fsp3) is 0.440. The summed E-state index contributed by atoms with van der Waals surface area (Å²) in [5.41, 5.74) is 0.728. The van der Waals surface area contributed by atoms with E-state index in [2.05, 4.69) is 5.32 Å². The normalized spacial score (nSPS) is 25.1. The summed E-state index contributed by atoms with van der Waals surface area (Å²) in [5.74, 6) is -1.66. The number of fused-ring (bicyclic) bond motifs is 1. The van der Waals surface area contributed by atoms with E-state index in [1.807, 2.05) is 0 Å². The Morgan fingerprint density at radius 3 is 2.59 bits per heavy atom. The third-order valence-electron chi connectivity index (χ3n) is 6.16. The number of benzene rings is 2. The molecule has 7 nitrogen and oxygen atoms in total. The second-order valence-electron chi connectivity index (χ2n) is 8.68. The molecule has 0 unspecified atom stereocenters. The van der Waals surface area contributed by atoms with E-state index in [1.54, 1.807) is 18.2 Å². The van der Waals surface area contributed by atoms with Gasteiger partial charge < -0.3 is 24.8 Å². The lowest BCUT2D eigenvalue weighted by Crippen LogP contribution is -2.57. The van der Waals surface area contributed by atoms with E-state index in [0.717, 1.165) is 5.56 Å². The maximum absolute atomic E-state index is 14.3. The highest BCUT2D eigenvalue weighted by atomic mass is 19.1. The zero-order valence-corrected chi connectivity index (χ0v) is 18.7. The highest BCUT2D eigenvalue weighted by Crippen LogP contribution is 2.29. The zero-order valence-electron chi connectivity index (χ0n) is 18.7. The van der Waals surface area contributed by atoms with Gasteiger partial charge in [-0.15, -0.1) is 0 Å². The molecule has 2 fully saturated rings. The van der Waals surface area contributed by atoms with Gasteiger partial charge in [-0.1, -0.05) is 24.3 Å². The number of ether oxygens (including phenoxy) is 2. The summed E-state index contributed by atoms with van der Waals surface area (Å²) in [6.45, 7) is 0.456. The molecule has 0 aliphatic carbocycles. The van der Waals surface area contributed by atoms with E-state index in [0.29, 0.717) is 12.8 Å². The molecule has 182 valence electrons. The van der Waals surface area contributed by atoms with Gasteiger partial charge in [0.1, 0.15) is 17.7 Å². The van der Waals surface area contributed by atoms with Gasteiger partial charge in [-0.2, -0.15) is 0 Å². The number of carbonyl (C=O) groups is 2. The first-order chi connectivity index (χ1) is 16.4. The van der Waals surface area contributed by atoms with Crippen molar-refractivity contribution in [2.45, 2.75) is 50.2 Å². The number of aliphatic hydroxyl groups excluding tert-OH is 1. The van der Waals surface area contributed by atoms with Crippen molar-refractivity contribution >= 4 is 11.8 Å². The summed E-state index contributed by atoms with van der Waals surface area (Å²) >= 11 is 0. The minimum atomic E-state index is -0.897. The molecule has 0 radical (unpaired) electrons. The Labute approximate surface area is 196 Å². The van der Waals surface area contributed by atoms with Crippen molar-refractivity contribution in [2.75, 3.05) is 19.8 Å². The summed E-state index contributed by atoms with van der Waals surface area (Å²) in [4.78, 5) is 27.1. The number of β-amino-alcohol motifs (C(OH)–C–C–N with tert-alkyl or cyclic N) is 1. The maximum atomic E-state index is 14.3. The van der Waals surface area contributed by atoms with Crippen LogP contribution in [-0.2, 0) is 20.8 Å². The lowest BCUT2D eigenvalue weighted by atomic mass is 9.94. The Kier molecular flexibility index (Phi) is 7.87. The lowest BCUT2D eigenvalue weighted by Gasteiger charge is -2.44. The van der Waals surface area contributed by atoms with Gasteiger partial charge in [0.05, 0.1) is 43.4 Å². The van der Waals surface area contributed by atoms with E-state index in [4.69, 9.17) is 9.47 Å². The zero-order chi connectivity index (χ0) is 24.1. The van der Waals surface area contributed by atoms with Crippen LogP contribution in [-0.4, -0.2) is 65.9 Å². The van der Waals surface area contributed by atoms with Gasteiger partial charge in [0, 0.05) is 13.1 Å². The number of nitrogens with one attached hydrogen (secondary N) is 1. The van der Waals surface area contributed by atoms with Crippen molar-refractivity contribution in [3.8, 4) is 0 Å².